The van der Waals surface area contributed by atoms with E-state index in [1.54, 1.807) is 28.8 Å². The Bertz CT molecular complexity index is 1090. The van der Waals surface area contributed by atoms with E-state index in [1.807, 2.05) is 31.1 Å². The maximum Gasteiger partial charge on any atom is 0.279 e. The Labute approximate surface area is 165 Å². The first-order valence-electron chi connectivity index (χ1n) is 7.69. The number of terminal acetylenes is 1. The van der Waals surface area contributed by atoms with Gasteiger partial charge >= 0.3 is 0 Å². The van der Waals surface area contributed by atoms with Gasteiger partial charge in [0.15, 0.2) is 4.80 Å². The Morgan fingerprint density at radius 3 is 2.58 bits per heavy atom. The second-order valence-corrected chi connectivity index (χ2v) is 7.62. The molecule has 132 valence electrons. The molecule has 0 unspecified atom stereocenters. The molecule has 0 aliphatic heterocycles. The summed E-state index contributed by atoms with van der Waals surface area (Å²) in [5.41, 5.74) is 2.24. The molecule has 0 spiro atoms. The number of aromatic nitrogens is 1. The first-order chi connectivity index (χ1) is 12.4. The quantitative estimate of drug-likeness (QED) is 0.605. The fraction of sp³-hybridized carbons (Fsp3) is 0.158. The molecule has 0 bridgehead atoms. The van der Waals surface area contributed by atoms with Crippen LogP contribution in [-0.2, 0) is 6.54 Å². The van der Waals surface area contributed by atoms with Crippen LogP contribution in [0, 0.1) is 12.3 Å². The maximum atomic E-state index is 12.6. The molecule has 4 nitrogen and oxygen atoms in total. The van der Waals surface area contributed by atoms with Gasteiger partial charge in [0.2, 0.25) is 0 Å². The molecule has 0 saturated heterocycles. The van der Waals surface area contributed by atoms with Crippen LogP contribution in [0.5, 0.6) is 0 Å². The SMILES string of the molecule is C#CCn1c(=NC(=O)c2ccc(N(C)C)cc2)sc2cc(Cl)cc(Cl)c21. The predicted molar refractivity (Wildman–Crippen MR) is 109 cm³/mol. The number of hydrogen-bond acceptors (Lipinski definition) is 3. The van der Waals surface area contributed by atoms with Crippen molar-refractivity contribution in [3.8, 4) is 12.3 Å². The molecule has 0 atom stereocenters. The number of rotatable bonds is 3. The highest BCUT2D eigenvalue weighted by atomic mass is 35.5. The third-order valence-corrected chi connectivity index (χ3v) is 5.30. The van der Waals surface area contributed by atoms with E-state index in [4.69, 9.17) is 29.6 Å². The lowest BCUT2D eigenvalue weighted by atomic mass is 10.2. The van der Waals surface area contributed by atoms with E-state index in [0.29, 0.717) is 20.4 Å². The van der Waals surface area contributed by atoms with Crippen molar-refractivity contribution < 1.29 is 4.79 Å². The number of thiazole rings is 1. The highest BCUT2D eigenvalue weighted by Gasteiger charge is 2.12. The molecule has 3 aromatic rings. The smallest absolute Gasteiger partial charge is 0.279 e. The fourth-order valence-electron chi connectivity index (χ4n) is 2.51. The lowest BCUT2D eigenvalue weighted by Crippen LogP contribution is -2.16. The molecule has 2 aromatic carbocycles. The molecule has 1 heterocycles. The van der Waals surface area contributed by atoms with Crippen LogP contribution >= 0.6 is 34.5 Å². The molecule has 1 amide bonds. The zero-order valence-electron chi connectivity index (χ0n) is 14.2. The van der Waals surface area contributed by atoms with Crippen LogP contribution in [0.25, 0.3) is 10.2 Å². The van der Waals surface area contributed by atoms with Gasteiger partial charge in [-0.25, -0.2) is 0 Å². The van der Waals surface area contributed by atoms with E-state index in [1.165, 1.54) is 11.3 Å². The summed E-state index contributed by atoms with van der Waals surface area (Å²) in [5, 5.41) is 0.997. The topological polar surface area (TPSA) is 37.6 Å². The summed E-state index contributed by atoms with van der Waals surface area (Å²) in [7, 11) is 3.88. The average Bonchev–Trinajstić information content (AvgIpc) is 2.92. The molecule has 0 fully saturated rings. The van der Waals surface area contributed by atoms with Crippen LogP contribution in [0.1, 0.15) is 10.4 Å². The molecule has 0 aliphatic rings. The van der Waals surface area contributed by atoms with Crippen LogP contribution in [0.3, 0.4) is 0 Å². The summed E-state index contributed by atoms with van der Waals surface area (Å²) in [6.07, 6.45) is 5.48. The molecule has 7 heteroatoms. The summed E-state index contributed by atoms with van der Waals surface area (Å²) >= 11 is 13.7. The number of amides is 1. The molecule has 0 saturated carbocycles. The Morgan fingerprint density at radius 2 is 1.96 bits per heavy atom. The van der Waals surface area contributed by atoms with Crippen LogP contribution in [0.15, 0.2) is 41.4 Å². The van der Waals surface area contributed by atoms with E-state index >= 15 is 0 Å². The Balaban J connectivity index is 2.11. The lowest BCUT2D eigenvalue weighted by molar-refractivity contribution is 0.0998. The second kappa shape index (κ2) is 7.55. The van der Waals surface area contributed by atoms with Gasteiger partial charge in [0, 0.05) is 30.4 Å². The van der Waals surface area contributed by atoms with Crippen molar-refractivity contribution in [1.29, 1.82) is 0 Å². The number of anilines is 1. The normalized spacial score (nSPS) is 11.6. The lowest BCUT2D eigenvalue weighted by Gasteiger charge is -2.11. The van der Waals surface area contributed by atoms with Crippen molar-refractivity contribution in [2.75, 3.05) is 19.0 Å². The first kappa shape index (κ1) is 18.5. The van der Waals surface area contributed by atoms with Gasteiger partial charge in [-0.3, -0.25) is 4.79 Å². The summed E-state index contributed by atoms with van der Waals surface area (Å²) in [4.78, 5) is 19.3. The Kier molecular flexibility index (Phi) is 5.38. The highest BCUT2D eigenvalue weighted by Crippen LogP contribution is 2.29. The van der Waals surface area contributed by atoms with E-state index < -0.39 is 0 Å². The summed E-state index contributed by atoms with van der Waals surface area (Å²) < 4.78 is 2.58. The van der Waals surface area contributed by atoms with Gasteiger partial charge in [0.05, 0.1) is 21.8 Å². The van der Waals surface area contributed by atoms with Crippen molar-refractivity contribution >= 4 is 56.3 Å². The maximum absolute atomic E-state index is 12.6. The molecule has 0 N–H and O–H groups in total. The molecule has 3 rings (SSSR count). The van der Waals surface area contributed by atoms with E-state index in [-0.39, 0.29) is 12.5 Å². The largest absolute Gasteiger partial charge is 0.378 e. The zero-order valence-corrected chi connectivity index (χ0v) is 16.5. The monoisotopic (exact) mass is 403 g/mol. The standard InChI is InChI=1S/C19H15Cl2N3OS/c1-4-9-24-17-15(21)10-13(20)11-16(17)26-19(24)22-18(25)12-5-7-14(8-6-12)23(2)3/h1,5-8,10-11H,9H2,2-3H3. The van der Waals surface area contributed by atoms with Crippen LogP contribution in [0.2, 0.25) is 10.0 Å². The Morgan fingerprint density at radius 1 is 1.27 bits per heavy atom. The molecular weight excluding hydrogens is 389 g/mol. The van der Waals surface area contributed by atoms with E-state index in [2.05, 4.69) is 10.9 Å². The molecular formula is C19H15Cl2N3OS. The van der Waals surface area contributed by atoms with Crippen molar-refractivity contribution in [2.45, 2.75) is 6.54 Å². The summed E-state index contributed by atoms with van der Waals surface area (Å²) in [6.45, 7) is 0.257. The molecule has 0 aliphatic carbocycles. The number of carbonyl (C=O) groups excluding carboxylic acids is 1. The van der Waals surface area contributed by atoms with E-state index in [9.17, 15) is 4.79 Å². The number of hydrogen-bond donors (Lipinski definition) is 0. The fourth-order valence-corrected chi connectivity index (χ4v) is 4.32. The van der Waals surface area contributed by atoms with Gasteiger partial charge in [-0.2, -0.15) is 4.99 Å². The third kappa shape index (κ3) is 3.63. The summed E-state index contributed by atoms with van der Waals surface area (Å²) in [6, 6.07) is 10.7. The number of halogens is 2. The van der Waals surface area contributed by atoms with Crippen LogP contribution in [0.4, 0.5) is 5.69 Å². The van der Waals surface area contributed by atoms with Gasteiger partial charge in [-0.15, -0.1) is 6.42 Å². The van der Waals surface area contributed by atoms with Crippen molar-refractivity contribution in [2.24, 2.45) is 4.99 Å². The first-order valence-corrected chi connectivity index (χ1v) is 9.26. The van der Waals surface area contributed by atoms with Gasteiger partial charge in [-0.05, 0) is 36.4 Å². The second-order valence-electron chi connectivity index (χ2n) is 5.77. The molecule has 0 radical (unpaired) electrons. The summed E-state index contributed by atoms with van der Waals surface area (Å²) in [5.74, 6) is 2.24. The van der Waals surface area contributed by atoms with Gasteiger partial charge in [0.1, 0.15) is 0 Å². The molecule has 1 aromatic heterocycles. The van der Waals surface area contributed by atoms with Crippen LogP contribution in [-0.4, -0.2) is 24.6 Å². The van der Waals surface area contributed by atoms with E-state index in [0.717, 1.165) is 15.9 Å². The minimum atomic E-state index is -0.338. The average molecular weight is 404 g/mol. The van der Waals surface area contributed by atoms with Crippen LogP contribution < -0.4 is 9.70 Å². The van der Waals surface area contributed by atoms with Crippen molar-refractivity contribution in [1.82, 2.24) is 4.57 Å². The molecule has 26 heavy (non-hydrogen) atoms. The number of carbonyl (C=O) groups is 1. The Hall–Kier alpha value is -2.26. The van der Waals surface area contributed by atoms with Gasteiger partial charge < -0.3 is 9.47 Å². The van der Waals surface area contributed by atoms with Gasteiger partial charge in [0.25, 0.3) is 5.91 Å². The van der Waals surface area contributed by atoms with Crippen molar-refractivity contribution in [3.05, 3.63) is 56.8 Å². The zero-order chi connectivity index (χ0) is 18.8. The predicted octanol–water partition coefficient (Wildman–Crippen LogP) is 4.45. The third-order valence-electron chi connectivity index (χ3n) is 3.77. The highest BCUT2D eigenvalue weighted by molar-refractivity contribution is 7.16. The minimum absolute atomic E-state index is 0.257. The van der Waals surface area contributed by atoms with Crippen molar-refractivity contribution in [3.63, 3.8) is 0 Å². The minimum Gasteiger partial charge on any atom is -0.378 e. The number of nitrogens with zero attached hydrogens (tertiary/aromatic N) is 3. The number of benzene rings is 2. The number of fused-ring (bicyclic) bond motifs is 1. The van der Waals surface area contributed by atoms with Gasteiger partial charge in [-0.1, -0.05) is 40.5 Å².